The number of nitrogens with zero attached hydrogens (tertiary/aromatic N) is 2. The van der Waals surface area contributed by atoms with Gasteiger partial charge in [-0.05, 0) is 19.9 Å². The Hall–Kier alpha value is -1.16. The van der Waals surface area contributed by atoms with Crippen LogP contribution in [0.4, 0.5) is 0 Å². The van der Waals surface area contributed by atoms with Crippen molar-refractivity contribution in [2.75, 3.05) is 0 Å². The topological polar surface area (TPSA) is 60.9 Å². The first-order valence-electron chi connectivity index (χ1n) is 4.99. The maximum atomic E-state index is 12.3. The Morgan fingerprint density at radius 3 is 2.27 bits per heavy atom. The van der Waals surface area contributed by atoms with Gasteiger partial charge >= 0.3 is 0 Å². The van der Waals surface area contributed by atoms with Gasteiger partial charge in [-0.2, -0.15) is 5.10 Å². The van der Waals surface area contributed by atoms with Gasteiger partial charge in [0.1, 0.15) is 5.69 Å². The van der Waals surface area contributed by atoms with Gasteiger partial charge in [-0.25, -0.2) is 0 Å². The van der Waals surface area contributed by atoms with Crippen LogP contribution >= 0.6 is 0 Å². The summed E-state index contributed by atoms with van der Waals surface area (Å²) < 4.78 is 1.58. The third-order valence-electron chi connectivity index (χ3n) is 3.23. The molecule has 0 aliphatic rings. The minimum Gasteiger partial charge on any atom is -0.325 e. The monoisotopic (exact) mass is 209 g/mol. The molecular weight excluding hydrogens is 190 g/mol. The molecule has 0 amide bonds. The summed E-state index contributed by atoms with van der Waals surface area (Å²) in [5.74, 6) is 0.0231. The smallest absolute Gasteiger partial charge is 0.188 e. The lowest BCUT2D eigenvalue weighted by Crippen LogP contribution is -2.52. The van der Waals surface area contributed by atoms with Crippen LogP contribution in [0.5, 0.6) is 0 Å². The first-order valence-corrected chi connectivity index (χ1v) is 4.99. The number of ketones is 1. The second-order valence-corrected chi connectivity index (χ2v) is 5.02. The van der Waals surface area contributed by atoms with Crippen molar-refractivity contribution in [2.45, 2.75) is 33.2 Å². The molecule has 4 nitrogen and oxygen atoms in total. The molecule has 0 aliphatic heterocycles. The molecule has 0 fully saturated rings. The lowest BCUT2D eigenvalue weighted by atomic mass is 9.71. The molecule has 0 radical (unpaired) electrons. The largest absolute Gasteiger partial charge is 0.325 e. The van der Waals surface area contributed by atoms with Gasteiger partial charge < -0.3 is 5.73 Å². The van der Waals surface area contributed by atoms with Crippen molar-refractivity contribution >= 4 is 5.78 Å². The quantitative estimate of drug-likeness (QED) is 0.765. The molecule has 0 aliphatic carbocycles. The van der Waals surface area contributed by atoms with Crippen LogP contribution in [0, 0.1) is 5.41 Å². The van der Waals surface area contributed by atoms with E-state index in [4.69, 9.17) is 5.73 Å². The Balaban J connectivity index is 3.11. The first kappa shape index (κ1) is 11.9. The molecule has 1 aromatic rings. The van der Waals surface area contributed by atoms with Crippen molar-refractivity contribution < 1.29 is 4.79 Å². The van der Waals surface area contributed by atoms with Gasteiger partial charge in [-0.3, -0.25) is 9.48 Å². The maximum Gasteiger partial charge on any atom is 0.188 e. The average Bonchev–Trinajstić information content (AvgIpc) is 2.48. The zero-order chi connectivity index (χ0) is 11.9. The Bertz CT molecular complexity index is 371. The molecule has 1 aromatic heterocycles. The zero-order valence-corrected chi connectivity index (χ0v) is 10.0. The second-order valence-electron chi connectivity index (χ2n) is 5.02. The fourth-order valence-corrected chi connectivity index (χ4v) is 1.21. The summed E-state index contributed by atoms with van der Waals surface area (Å²) >= 11 is 0. The summed E-state index contributed by atoms with van der Waals surface area (Å²) in [7, 11) is 1.76. The molecule has 0 unspecified atom stereocenters. The number of hydrogen-bond donors (Lipinski definition) is 1. The van der Waals surface area contributed by atoms with Crippen LogP contribution in [0.1, 0.15) is 38.2 Å². The molecule has 1 rings (SSSR count). The highest BCUT2D eigenvalue weighted by molar-refractivity contribution is 5.99. The number of Topliss-reactive ketones (excluding diaryl/α,β-unsaturated/α-hetero) is 1. The Morgan fingerprint density at radius 2 is 1.93 bits per heavy atom. The predicted molar refractivity (Wildman–Crippen MR) is 59.6 cm³/mol. The van der Waals surface area contributed by atoms with Gasteiger partial charge in [0.25, 0.3) is 0 Å². The van der Waals surface area contributed by atoms with Crippen LogP contribution in [0.2, 0.25) is 0 Å². The van der Waals surface area contributed by atoms with E-state index in [0.717, 1.165) is 0 Å². The summed E-state index contributed by atoms with van der Waals surface area (Å²) in [4.78, 5) is 12.3. The average molecular weight is 209 g/mol. The third-order valence-corrected chi connectivity index (χ3v) is 3.23. The second kappa shape index (κ2) is 3.45. The molecule has 0 aromatic carbocycles. The van der Waals surface area contributed by atoms with Gasteiger partial charge in [0.2, 0.25) is 0 Å². The van der Waals surface area contributed by atoms with E-state index in [1.54, 1.807) is 24.0 Å². The van der Waals surface area contributed by atoms with E-state index in [1.165, 1.54) is 0 Å². The Labute approximate surface area is 90.5 Å². The van der Waals surface area contributed by atoms with E-state index < -0.39 is 11.0 Å². The minimum absolute atomic E-state index is 0.0231. The van der Waals surface area contributed by atoms with Gasteiger partial charge in [0, 0.05) is 24.2 Å². The molecular formula is C11H19N3O. The van der Waals surface area contributed by atoms with E-state index in [1.807, 2.05) is 27.7 Å². The first-order chi connectivity index (χ1) is 6.68. The zero-order valence-electron chi connectivity index (χ0n) is 10.0. The lowest BCUT2D eigenvalue weighted by molar-refractivity contribution is 0.0724. The molecule has 0 bridgehead atoms. The number of rotatable bonds is 3. The van der Waals surface area contributed by atoms with Crippen LogP contribution in [-0.4, -0.2) is 21.1 Å². The fourth-order valence-electron chi connectivity index (χ4n) is 1.21. The minimum atomic E-state index is -0.610. The summed E-state index contributed by atoms with van der Waals surface area (Å²) in [5.41, 5.74) is 5.44. The number of carbonyl (C=O) groups is 1. The van der Waals surface area contributed by atoms with Gasteiger partial charge in [0.15, 0.2) is 5.78 Å². The fraction of sp³-hybridized carbons (Fsp3) is 0.636. The Kier molecular flexibility index (Phi) is 2.74. The van der Waals surface area contributed by atoms with Gasteiger partial charge in [-0.15, -0.1) is 0 Å². The van der Waals surface area contributed by atoms with Crippen LogP contribution < -0.4 is 5.73 Å². The van der Waals surface area contributed by atoms with Crippen LogP contribution in [0.25, 0.3) is 0 Å². The van der Waals surface area contributed by atoms with Gasteiger partial charge in [0.05, 0.1) is 0 Å². The standard InChI is InChI=1S/C11H19N3O/c1-10(2,11(3,4)12)9(15)8-6-7-13-14(8)5/h6-7H,12H2,1-5H3. The number of hydrogen-bond acceptors (Lipinski definition) is 3. The van der Waals surface area contributed by atoms with Crippen molar-refractivity contribution in [1.29, 1.82) is 0 Å². The summed E-state index contributed by atoms with van der Waals surface area (Å²) in [5, 5.41) is 3.99. The van der Waals surface area contributed by atoms with E-state index in [2.05, 4.69) is 5.10 Å². The summed E-state index contributed by atoms with van der Waals surface area (Å²) in [6.07, 6.45) is 1.62. The highest BCUT2D eigenvalue weighted by Gasteiger charge is 2.41. The van der Waals surface area contributed by atoms with E-state index in [0.29, 0.717) is 5.69 Å². The van der Waals surface area contributed by atoms with Crippen molar-refractivity contribution in [3.63, 3.8) is 0 Å². The predicted octanol–water partition coefficient (Wildman–Crippen LogP) is 1.37. The van der Waals surface area contributed by atoms with Crippen LogP contribution in [-0.2, 0) is 7.05 Å². The Morgan fingerprint density at radius 1 is 1.40 bits per heavy atom. The molecule has 0 saturated carbocycles. The molecule has 4 heteroatoms. The number of aromatic nitrogens is 2. The molecule has 2 N–H and O–H groups in total. The van der Waals surface area contributed by atoms with E-state index >= 15 is 0 Å². The number of aryl methyl sites for hydroxylation is 1. The van der Waals surface area contributed by atoms with E-state index in [-0.39, 0.29) is 5.78 Å². The van der Waals surface area contributed by atoms with Crippen molar-refractivity contribution in [2.24, 2.45) is 18.2 Å². The maximum absolute atomic E-state index is 12.3. The lowest BCUT2D eigenvalue weighted by Gasteiger charge is -2.36. The van der Waals surface area contributed by atoms with Crippen molar-refractivity contribution in [1.82, 2.24) is 9.78 Å². The molecule has 0 saturated heterocycles. The molecule has 0 atom stereocenters. The van der Waals surface area contributed by atoms with E-state index in [9.17, 15) is 4.79 Å². The highest BCUT2D eigenvalue weighted by atomic mass is 16.1. The number of carbonyl (C=O) groups excluding carboxylic acids is 1. The van der Waals surface area contributed by atoms with Crippen molar-refractivity contribution in [3.8, 4) is 0 Å². The molecule has 0 spiro atoms. The molecule has 84 valence electrons. The van der Waals surface area contributed by atoms with Crippen molar-refractivity contribution in [3.05, 3.63) is 18.0 Å². The summed E-state index contributed by atoms with van der Waals surface area (Å²) in [6, 6.07) is 1.72. The van der Waals surface area contributed by atoms with Gasteiger partial charge in [-0.1, -0.05) is 13.8 Å². The third kappa shape index (κ3) is 1.95. The van der Waals surface area contributed by atoms with Crippen LogP contribution in [0.3, 0.4) is 0 Å². The normalized spacial score (nSPS) is 12.9. The highest BCUT2D eigenvalue weighted by Crippen LogP contribution is 2.31. The SMILES string of the molecule is Cn1nccc1C(=O)C(C)(C)C(C)(C)N. The molecule has 1 heterocycles. The number of nitrogens with two attached hydrogens (primary N) is 1. The molecule has 15 heavy (non-hydrogen) atoms. The summed E-state index contributed by atoms with van der Waals surface area (Å²) in [6.45, 7) is 7.45. The van der Waals surface area contributed by atoms with Crippen LogP contribution in [0.15, 0.2) is 12.3 Å².